The van der Waals surface area contributed by atoms with Gasteiger partial charge in [0.2, 0.25) is 0 Å². The summed E-state index contributed by atoms with van der Waals surface area (Å²) in [7, 11) is 0. The Hall–Kier alpha value is -0.880. The second-order valence-electron chi connectivity index (χ2n) is 2.89. The van der Waals surface area contributed by atoms with Crippen molar-refractivity contribution in [3.8, 4) is 0 Å². The molecule has 2 N–H and O–H groups in total. The van der Waals surface area contributed by atoms with Crippen LogP contribution in [-0.2, 0) is 0 Å². The van der Waals surface area contributed by atoms with Gasteiger partial charge >= 0.3 is 0 Å². The predicted molar refractivity (Wildman–Crippen MR) is 64.8 cm³/mol. The van der Waals surface area contributed by atoms with Crippen molar-refractivity contribution in [3.63, 3.8) is 0 Å². The number of rotatable bonds is 4. The summed E-state index contributed by atoms with van der Waals surface area (Å²) in [6.07, 6.45) is 1.45. The molecule has 0 spiro atoms. The minimum absolute atomic E-state index is 0.147. The number of amides is 1. The molecular weight excluding hydrogens is 280 g/mol. The fourth-order valence-corrected chi connectivity index (χ4v) is 1.70. The van der Waals surface area contributed by atoms with Crippen molar-refractivity contribution in [1.29, 1.82) is 0 Å². The molecule has 0 aliphatic heterocycles. The molecule has 0 saturated heterocycles. The molecule has 1 rings (SSSR count). The zero-order valence-electron chi connectivity index (χ0n) is 8.20. The lowest BCUT2D eigenvalue weighted by Crippen LogP contribution is -2.37. The number of hydrogen-bond acceptors (Lipinski definition) is 3. The Labute approximate surface area is 102 Å². The Kier molecular flexibility index (Phi) is 4.28. The average Bonchev–Trinajstić information content (AvgIpc) is 2.59. The Morgan fingerprint density at radius 3 is 2.80 bits per heavy atom. The van der Waals surface area contributed by atoms with E-state index in [2.05, 4.69) is 15.9 Å². The molecule has 6 heteroatoms. The number of nitrogens with two attached hydrogens (primary N) is 1. The summed E-state index contributed by atoms with van der Waals surface area (Å²) >= 11 is 7.92. The number of nitrogens with zero attached hydrogens (tertiary/aromatic N) is 1. The maximum absolute atomic E-state index is 11.9. The predicted octanol–water partition coefficient (Wildman–Crippen LogP) is 1.79. The fourth-order valence-electron chi connectivity index (χ4n) is 1.13. The van der Waals surface area contributed by atoms with Crippen molar-refractivity contribution in [3.05, 3.63) is 22.6 Å². The Bertz CT molecular complexity index is 378. The first-order chi connectivity index (χ1) is 7.06. The van der Waals surface area contributed by atoms with Crippen molar-refractivity contribution in [2.24, 2.45) is 5.73 Å². The minimum atomic E-state index is -0.147. The first-order valence-corrected chi connectivity index (χ1v) is 5.57. The van der Waals surface area contributed by atoms with Crippen LogP contribution in [0.5, 0.6) is 0 Å². The largest absolute Gasteiger partial charge is 0.457 e. The van der Waals surface area contributed by atoms with E-state index in [1.165, 1.54) is 6.26 Å². The average molecular weight is 291 g/mol. The van der Waals surface area contributed by atoms with Crippen molar-refractivity contribution in [2.45, 2.75) is 6.92 Å². The lowest BCUT2D eigenvalue weighted by molar-refractivity contribution is 0.0786. The lowest BCUT2D eigenvalue weighted by Gasteiger charge is -2.19. The van der Waals surface area contributed by atoms with Crippen LogP contribution in [0.1, 0.15) is 17.3 Å². The third kappa shape index (κ3) is 3.04. The van der Waals surface area contributed by atoms with Crippen LogP contribution >= 0.6 is 28.1 Å². The molecule has 0 saturated carbocycles. The van der Waals surface area contributed by atoms with Gasteiger partial charge in [-0.25, -0.2) is 0 Å². The maximum atomic E-state index is 11.9. The molecule has 1 heterocycles. The quantitative estimate of drug-likeness (QED) is 0.859. The number of carbonyl (C=O) groups is 1. The summed E-state index contributed by atoms with van der Waals surface area (Å²) in [6.45, 7) is 2.69. The number of likely N-dealkylation sites (N-methyl/N-ethyl adjacent to an activating group) is 1. The highest BCUT2D eigenvalue weighted by molar-refractivity contribution is 9.10. The Morgan fingerprint density at radius 1 is 1.73 bits per heavy atom. The SMILES string of the molecule is CCN(CC(N)=S)C(=O)c1ccoc1Br. The van der Waals surface area contributed by atoms with Gasteiger partial charge in [-0.05, 0) is 28.9 Å². The van der Waals surface area contributed by atoms with Crippen molar-refractivity contribution < 1.29 is 9.21 Å². The number of thiocarbonyl (C=S) groups is 1. The zero-order valence-corrected chi connectivity index (χ0v) is 10.6. The minimum Gasteiger partial charge on any atom is -0.457 e. The molecule has 15 heavy (non-hydrogen) atoms. The number of hydrogen-bond donors (Lipinski definition) is 1. The van der Waals surface area contributed by atoms with Crippen LogP contribution in [0.4, 0.5) is 0 Å². The van der Waals surface area contributed by atoms with Gasteiger partial charge in [0, 0.05) is 6.54 Å². The van der Waals surface area contributed by atoms with E-state index in [-0.39, 0.29) is 12.5 Å². The number of furan rings is 1. The van der Waals surface area contributed by atoms with Gasteiger partial charge in [0.1, 0.15) is 0 Å². The molecule has 82 valence electrons. The molecule has 0 aromatic carbocycles. The number of carbonyl (C=O) groups excluding carboxylic acids is 1. The highest BCUT2D eigenvalue weighted by Gasteiger charge is 2.19. The molecule has 0 aliphatic carbocycles. The van der Waals surface area contributed by atoms with Crippen LogP contribution in [0.2, 0.25) is 0 Å². The van der Waals surface area contributed by atoms with Gasteiger partial charge in [-0.15, -0.1) is 0 Å². The Morgan fingerprint density at radius 2 is 2.40 bits per heavy atom. The van der Waals surface area contributed by atoms with Crippen LogP contribution in [0.3, 0.4) is 0 Å². The third-order valence-electron chi connectivity index (χ3n) is 1.86. The summed E-state index contributed by atoms with van der Waals surface area (Å²) in [5.74, 6) is -0.147. The van der Waals surface area contributed by atoms with Crippen LogP contribution in [0.25, 0.3) is 0 Å². The molecular formula is C9H11BrN2O2S. The summed E-state index contributed by atoms with van der Waals surface area (Å²) in [5, 5.41) is 0. The second-order valence-corrected chi connectivity index (χ2v) is 4.14. The van der Waals surface area contributed by atoms with E-state index in [4.69, 9.17) is 22.4 Å². The first-order valence-electron chi connectivity index (χ1n) is 4.36. The molecule has 0 unspecified atom stereocenters. The highest BCUT2D eigenvalue weighted by atomic mass is 79.9. The van der Waals surface area contributed by atoms with Crippen molar-refractivity contribution >= 4 is 39.0 Å². The normalized spacial score (nSPS) is 10.0. The van der Waals surface area contributed by atoms with E-state index >= 15 is 0 Å². The molecule has 0 aliphatic rings. The van der Waals surface area contributed by atoms with Gasteiger partial charge < -0.3 is 15.1 Å². The topological polar surface area (TPSA) is 59.5 Å². The fraction of sp³-hybridized carbons (Fsp3) is 0.333. The molecule has 1 aromatic heterocycles. The van der Waals surface area contributed by atoms with Gasteiger partial charge in [-0.2, -0.15) is 0 Å². The summed E-state index contributed by atoms with van der Waals surface area (Å²) in [5.41, 5.74) is 5.88. The van der Waals surface area contributed by atoms with E-state index < -0.39 is 0 Å². The van der Waals surface area contributed by atoms with E-state index in [9.17, 15) is 4.79 Å². The molecule has 0 bridgehead atoms. The molecule has 1 amide bonds. The van der Waals surface area contributed by atoms with Crippen LogP contribution in [0, 0.1) is 0 Å². The summed E-state index contributed by atoms with van der Waals surface area (Å²) in [4.78, 5) is 13.8. The van der Waals surface area contributed by atoms with Crippen molar-refractivity contribution in [1.82, 2.24) is 4.90 Å². The molecule has 4 nitrogen and oxygen atoms in total. The lowest BCUT2D eigenvalue weighted by atomic mass is 10.3. The van der Waals surface area contributed by atoms with E-state index in [0.717, 1.165) is 0 Å². The highest BCUT2D eigenvalue weighted by Crippen LogP contribution is 2.19. The van der Waals surface area contributed by atoms with Crippen molar-refractivity contribution in [2.75, 3.05) is 13.1 Å². The number of halogens is 1. The summed E-state index contributed by atoms with van der Waals surface area (Å²) in [6, 6.07) is 1.61. The van der Waals surface area contributed by atoms with E-state index in [0.29, 0.717) is 21.8 Å². The smallest absolute Gasteiger partial charge is 0.258 e. The van der Waals surface area contributed by atoms with Gasteiger partial charge in [0.05, 0.1) is 23.4 Å². The van der Waals surface area contributed by atoms with Gasteiger partial charge in [-0.1, -0.05) is 12.2 Å². The maximum Gasteiger partial charge on any atom is 0.258 e. The van der Waals surface area contributed by atoms with Crippen LogP contribution in [-0.4, -0.2) is 28.9 Å². The van der Waals surface area contributed by atoms with Gasteiger partial charge in [0.15, 0.2) is 4.67 Å². The molecule has 0 fully saturated rings. The van der Waals surface area contributed by atoms with E-state index in [1.54, 1.807) is 11.0 Å². The van der Waals surface area contributed by atoms with Crippen LogP contribution in [0.15, 0.2) is 21.4 Å². The summed E-state index contributed by atoms with van der Waals surface area (Å²) < 4.78 is 5.42. The first kappa shape index (κ1) is 12.2. The second kappa shape index (κ2) is 5.27. The van der Waals surface area contributed by atoms with Gasteiger partial charge in [0.25, 0.3) is 5.91 Å². The standard InChI is InChI=1S/C9H11BrN2O2S/c1-2-12(5-7(11)15)9(13)6-3-4-14-8(6)10/h3-4H,2,5H2,1H3,(H2,11,15). The Balaban J connectivity index is 2.82. The van der Waals surface area contributed by atoms with Crippen LogP contribution < -0.4 is 5.73 Å². The van der Waals surface area contributed by atoms with E-state index in [1.807, 2.05) is 6.92 Å². The molecule has 0 radical (unpaired) electrons. The van der Waals surface area contributed by atoms with Gasteiger partial charge in [-0.3, -0.25) is 4.79 Å². The monoisotopic (exact) mass is 290 g/mol. The molecule has 1 aromatic rings. The third-order valence-corrected chi connectivity index (χ3v) is 2.61. The molecule has 0 atom stereocenters. The zero-order chi connectivity index (χ0) is 11.4.